The van der Waals surface area contributed by atoms with Crippen LogP contribution in [0.4, 0.5) is 0 Å². The van der Waals surface area contributed by atoms with Crippen LogP contribution in [0.15, 0.2) is 0 Å². The second-order valence-corrected chi connectivity index (χ2v) is 2.99. The molecule has 0 unspecified atom stereocenters. The standard InChI is InChI=1S/C4H9O.Pr.Zr/c1-4(2,3)5;;/h1-3H3;;/q-1;+1;. The molecule has 0 saturated heterocycles. The minimum Gasteiger partial charge on any atom is 0 e. The van der Waals surface area contributed by atoms with Crippen LogP contribution in [-0.4, -0.2) is 5.60 Å². The minimum absolute atomic E-state index is 0. The first-order chi connectivity index (χ1) is 2.56. The summed E-state index contributed by atoms with van der Waals surface area (Å²) in [7, 11) is 0. The Morgan fingerprint density at radius 2 is 1.43 bits per heavy atom. The molecular weight excluding hydrogens is 296 g/mol. The molecule has 1 nitrogen and oxygen atoms in total. The molecule has 0 aliphatic heterocycles. The second kappa shape index (κ2) is 5.03. The zero-order valence-corrected chi connectivity index (χ0v) is 11.1. The van der Waals surface area contributed by atoms with Crippen LogP contribution in [0, 0.1) is 39.8 Å². The van der Waals surface area contributed by atoms with Crippen molar-refractivity contribution in [2.24, 2.45) is 0 Å². The van der Waals surface area contributed by atoms with Gasteiger partial charge in [-0.3, -0.25) is 0 Å². The van der Waals surface area contributed by atoms with E-state index in [4.69, 9.17) is 1.01 Å². The fourth-order valence-corrected chi connectivity index (χ4v) is 0. The molecule has 0 saturated carbocycles. The second-order valence-electron chi connectivity index (χ2n) is 2.23. The van der Waals surface area contributed by atoms with Crippen molar-refractivity contribution in [3.63, 3.8) is 0 Å². The molecule has 0 aromatic carbocycles. The van der Waals surface area contributed by atoms with Gasteiger partial charge in [0.15, 0.2) is 0 Å². The number of hydrogen-bond acceptors (Lipinski definition) is 1. The Morgan fingerprint density at radius 3 is 1.43 bits per heavy atom. The van der Waals surface area contributed by atoms with Crippen LogP contribution in [0.2, 0.25) is 0 Å². The van der Waals surface area contributed by atoms with E-state index in [0.29, 0.717) is 39.8 Å². The minimum atomic E-state index is 0. The van der Waals surface area contributed by atoms with Crippen LogP contribution in [0.5, 0.6) is 0 Å². The van der Waals surface area contributed by atoms with Crippen molar-refractivity contribution in [3.8, 4) is 0 Å². The van der Waals surface area contributed by atoms with Gasteiger partial charge in [-0.1, -0.05) is 0 Å². The average Bonchev–Trinajstić information content (AvgIpc) is 1.35. The third-order valence-corrected chi connectivity index (χ3v) is 2.62. The third-order valence-electron chi connectivity index (χ3n) is 0.354. The van der Waals surface area contributed by atoms with Crippen molar-refractivity contribution in [1.29, 1.82) is 0 Å². The Labute approximate surface area is 91.7 Å². The van der Waals surface area contributed by atoms with E-state index in [1.54, 1.807) is 0 Å². The third kappa shape index (κ3) is 11.7. The molecule has 0 amide bonds. The fourth-order valence-electron chi connectivity index (χ4n) is 0. The Kier molecular flexibility index (Phi) is 8.58. The maximum Gasteiger partial charge on any atom is 0 e. The molecule has 7 heavy (non-hydrogen) atoms. The van der Waals surface area contributed by atoms with Gasteiger partial charge in [-0.15, -0.1) is 0 Å². The van der Waals surface area contributed by atoms with Crippen LogP contribution in [-0.2, 0) is 27.2 Å². The molecule has 0 aliphatic carbocycles. The average molecular weight is 305 g/mol. The molecule has 0 N–H and O–H groups in total. The number of rotatable bonds is 0. The van der Waals surface area contributed by atoms with Gasteiger partial charge in [0.1, 0.15) is 0 Å². The predicted octanol–water partition coefficient (Wildman–Crippen LogP) is 1.26. The van der Waals surface area contributed by atoms with E-state index in [-0.39, 0.29) is 31.8 Å². The molecule has 0 heterocycles. The van der Waals surface area contributed by atoms with E-state index in [1.165, 1.54) is 0 Å². The van der Waals surface area contributed by atoms with Gasteiger partial charge in [0.05, 0.1) is 0 Å². The quantitative estimate of drug-likeness (QED) is 0.655. The zero-order valence-electron chi connectivity index (χ0n) is 4.99. The topological polar surface area (TPSA) is 9.23 Å². The van der Waals surface area contributed by atoms with E-state index >= 15 is 0 Å². The summed E-state index contributed by atoms with van der Waals surface area (Å²) >= 11 is 0.676. The Balaban J connectivity index is 0. The van der Waals surface area contributed by atoms with Crippen LogP contribution in [0.25, 0.3) is 0 Å². The molecule has 0 spiro atoms. The number of hydrogen-bond donors (Lipinski definition) is 0. The summed E-state index contributed by atoms with van der Waals surface area (Å²) in [4.78, 5) is 0. The molecule has 0 aromatic rings. The Bertz CT molecular complexity index is 41.4. The largest absolute Gasteiger partial charge is 0 e. The fraction of sp³-hybridized carbons (Fsp3) is 1.00. The molecule has 0 aliphatic rings. The molecule has 38 valence electrons. The molecule has 0 rings (SSSR count). The van der Waals surface area contributed by atoms with Crippen molar-refractivity contribution in [2.45, 2.75) is 26.4 Å². The summed E-state index contributed by atoms with van der Waals surface area (Å²) in [5, 5.41) is 0. The molecule has 0 bridgehead atoms. The normalized spacial score (nSPS) is 10.0. The maximum atomic E-state index is 5.10. The van der Waals surface area contributed by atoms with Crippen molar-refractivity contribution in [1.82, 2.24) is 0 Å². The summed E-state index contributed by atoms with van der Waals surface area (Å²) in [5.41, 5.74) is 0.116. The van der Waals surface area contributed by atoms with Gasteiger partial charge in [-0.2, -0.15) is 0 Å². The van der Waals surface area contributed by atoms with Crippen molar-refractivity contribution in [3.05, 3.63) is 0 Å². The van der Waals surface area contributed by atoms with Crippen LogP contribution in [0.1, 0.15) is 20.8 Å². The van der Waals surface area contributed by atoms with E-state index in [0.717, 1.165) is 0 Å². The van der Waals surface area contributed by atoms with Gasteiger partial charge in [-0.05, 0) is 0 Å². The molecule has 0 fully saturated rings. The van der Waals surface area contributed by atoms with Crippen LogP contribution in [0.3, 0.4) is 0 Å². The molecule has 0 aromatic heterocycles. The van der Waals surface area contributed by atoms with Gasteiger partial charge < -0.3 is 0 Å². The summed E-state index contributed by atoms with van der Waals surface area (Å²) in [6, 6.07) is 0. The monoisotopic (exact) mass is 304 g/mol. The van der Waals surface area contributed by atoms with Gasteiger partial charge in [0.2, 0.25) is 0 Å². The smallest absolute Gasteiger partial charge is 0 e. The van der Waals surface area contributed by atoms with Crippen LogP contribution >= 0.6 is 0 Å². The van der Waals surface area contributed by atoms with E-state index < -0.39 is 0 Å². The summed E-state index contributed by atoms with van der Waals surface area (Å²) in [5.74, 6) is 0. The first-order valence-electron chi connectivity index (χ1n) is 1.94. The van der Waals surface area contributed by atoms with E-state index in [9.17, 15) is 0 Å². The van der Waals surface area contributed by atoms with E-state index in [2.05, 4.69) is 20.8 Å². The van der Waals surface area contributed by atoms with Gasteiger partial charge in [0, 0.05) is 26.2 Å². The summed E-state index contributed by atoms with van der Waals surface area (Å²) in [6.07, 6.45) is 0. The van der Waals surface area contributed by atoms with Crippen molar-refractivity contribution < 1.29 is 67.0 Å². The Morgan fingerprint density at radius 1 is 1.29 bits per heavy atom. The maximum absolute atomic E-state index is 5.10. The van der Waals surface area contributed by atoms with Crippen molar-refractivity contribution in [2.75, 3.05) is 0 Å². The SMILES string of the molecule is CC(C)(C)[O][Pr].[Zr]. The molecule has 0 atom stereocenters. The summed E-state index contributed by atoms with van der Waals surface area (Å²) < 4.78 is 5.10. The summed E-state index contributed by atoms with van der Waals surface area (Å²) in [6.45, 7) is 6.19. The van der Waals surface area contributed by atoms with Gasteiger partial charge in [0.25, 0.3) is 0 Å². The Hall–Kier alpha value is 2.21. The first kappa shape index (κ1) is 11.9. The predicted molar refractivity (Wildman–Crippen MR) is 20.8 cm³/mol. The van der Waals surface area contributed by atoms with Gasteiger partial charge in [-0.25, -0.2) is 0 Å². The zero-order chi connectivity index (χ0) is 5.21. The van der Waals surface area contributed by atoms with E-state index in [1.807, 2.05) is 0 Å². The van der Waals surface area contributed by atoms with Crippen molar-refractivity contribution >= 4 is 0 Å². The molecular formula is C4H9OPrZr. The molecule has 3 heteroatoms. The molecule has 0 radical (unpaired) electrons. The first-order valence-corrected chi connectivity index (χ1v) is 3.45. The van der Waals surface area contributed by atoms with Crippen LogP contribution < -0.4 is 0 Å². The van der Waals surface area contributed by atoms with Gasteiger partial charge >= 0.3 is 67.2 Å².